The van der Waals surface area contributed by atoms with E-state index in [-0.39, 0.29) is 0 Å². The van der Waals surface area contributed by atoms with Crippen molar-refractivity contribution in [2.75, 3.05) is 0 Å². The molecule has 6 nitrogen and oxygen atoms in total. The first-order chi connectivity index (χ1) is 8.72. The molecule has 1 rings (SSSR count). The summed E-state index contributed by atoms with van der Waals surface area (Å²) < 4.78 is 41.2. The van der Waals surface area contributed by atoms with Crippen LogP contribution in [-0.4, -0.2) is 4.57 Å². The van der Waals surface area contributed by atoms with Crippen molar-refractivity contribution >= 4 is 11.3 Å². The van der Waals surface area contributed by atoms with Crippen molar-refractivity contribution in [1.82, 2.24) is 4.57 Å². The van der Waals surface area contributed by atoms with Crippen molar-refractivity contribution < 1.29 is 42.6 Å². The number of hydrogen-bond donors (Lipinski definition) is 0. The maximum atomic E-state index is 7.50. The first kappa shape index (κ1) is 30.2. The molecule has 0 saturated heterocycles. The molecule has 1 aromatic heterocycles. The summed E-state index contributed by atoms with van der Waals surface area (Å²) in [6.07, 6.45) is 0. The van der Waals surface area contributed by atoms with Gasteiger partial charge in [-0.3, -0.25) is 0 Å². The van der Waals surface area contributed by atoms with Crippen molar-refractivity contribution in [3.8, 4) is 0 Å². The molecule has 0 fully saturated rings. The molecule has 0 amide bonds. The van der Waals surface area contributed by atoms with E-state index in [2.05, 4.69) is 57.2 Å². The molecule has 0 bridgehead atoms. The van der Waals surface area contributed by atoms with E-state index in [9.17, 15) is 0 Å². The third-order valence-electron chi connectivity index (χ3n) is 1.13. The number of thiazole rings is 1. The second kappa shape index (κ2) is 36.0. The van der Waals surface area contributed by atoms with Crippen LogP contribution < -0.4 is 0 Å². The Kier molecular flexibility index (Phi) is 60.5. The average Bonchev–Trinajstić information content (AvgIpc) is 2.81. The van der Waals surface area contributed by atoms with Crippen LogP contribution in [-0.2, 0) is 49.7 Å². The summed E-state index contributed by atoms with van der Waals surface area (Å²) in [7, 11) is 2.11. The van der Waals surface area contributed by atoms with Gasteiger partial charge < -0.3 is 0 Å². The molecule has 8 heteroatoms. The molecule has 18 heavy (non-hydrogen) atoms. The maximum absolute atomic E-state index is 7.50. The van der Waals surface area contributed by atoms with Crippen molar-refractivity contribution in [3.63, 3.8) is 0 Å². The second-order valence-corrected chi connectivity index (χ2v) is 4.97. The van der Waals surface area contributed by atoms with Gasteiger partial charge in [-0.25, -0.2) is 0 Å². The van der Waals surface area contributed by atoms with Gasteiger partial charge in [-0.05, 0) is 0 Å². The fraction of sp³-hybridized carbons (Fsp3) is 0.200. The fourth-order valence-corrected chi connectivity index (χ4v) is 2.21. The van der Waals surface area contributed by atoms with E-state index >= 15 is 0 Å². The SMILES string of the molecule is Cc1cs[c](=[W])n1C.[C-]#[O+].[C-]#[O+].[C-]#[O+].[C-]#[O+].[C-]#[O+]. The molecule has 1 heterocycles. The predicted octanol–water partition coefficient (Wildman–Crippen LogP) is 1.29. The van der Waals surface area contributed by atoms with Gasteiger partial charge in [0.05, 0.1) is 0 Å². The van der Waals surface area contributed by atoms with Crippen LogP contribution in [0.5, 0.6) is 0 Å². The number of aryl methyl sites for hydroxylation is 1. The Labute approximate surface area is 120 Å². The van der Waals surface area contributed by atoms with Crippen LogP contribution in [0.1, 0.15) is 5.69 Å². The van der Waals surface area contributed by atoms with E-state index < -0.39 is 0 Å². The van der Waals surface area contributed by atoms with Crippen molar-refractivity contribution in [3.05, 3.63) is 47.3 Å². The van der Waals surface area contributed by atoms with Gasteiger partial charge in [-0.15, -0.1) is 0 Å². The summed E-state index contributed by atoms with van der Waals surface area (Å²) in [5.74, 6) is 0. The molecule has 94 valence electrons. The molecule has 0 atom stereocenters. The summed E-state index contributed by atoms with van der Waals surface area (Å²) >= 11 is 3.39. The third kappa shape index (κ3) is 20.4. The fourth-order valence-electron chi connectivity index (χ4n) is 0.438. The standard InChI is InChI=1S/C5H7NS.5CO.W/c1-5-3-7-4-6(5)2;5*1-2;/h3H,1-2H3;;;;;;. The zero-order chi connectivity index (χ0) is 16.1. The topological polar surface area (TPSA) is 104 Å². The summed E-state index contributed by atoms with van der Waals surface area (Å²) in [6.45, 7) is 24.6. The molecule has 0 aromatic carbocycles. The van der Waals surface area contributed by atoms with Crippen LogP contribution in [0, 0.1) is 43.2 Å². The molecule has 1 aromatic rings. The van der Waals surface area contributed by atoms with E-state index in [4.69, 9.17) is 23.3 Å². The molecule has 0 aliphatic carbocycles. The summed E-state index contributed by atoms with van der Waals surface area (Å²) in [5.41, 5.74) is 1.36. The van der Waals surface area contributed by atoms with Gasteiger partial charge in [-0.2, -0.15) is 0 Å². The van der Waals surface area contributed by atoms with Crippen LogP contribution >= 0.6 is 11.3 Å². The van der Waals surface area contributed by atoms with Crippen molar-refractivity contribution in [2.24, 2.45) is 7.05 Å². The van der Waals surface area contributed by atoms with Crippen molar-refractivity contribution in [1.29, 1.82) is 0 Å². The summed E-state index contributed by atoms with van der Waals surface area (Å²) in [6, 6.07) is 0. The normalized spacial score (nSPS) is 4.89. The molecular formula is C10H7NO5SW. The quantitative estimate of drug-likeness (QED) is 0.431. The van der Waals surface area contributed by atoms with E-state index in [0.717, 1.165) is 0 Å². The van der Waals surface area contributed by atoms with E-state index in [1.165, 1.54) is 8.68 Å². The molecule has 0 aliphatic heterocycles. The molecule has 0 aliphatic rings. The van der Waals surface area contributed by atoms with Gasteiger partial charge in [0.1, 0.15) is 0 Å². The van der Waals surface area contributed by atoms with Gasteiger partial charge in [0.2, 0.25) is 0 Å². The van der Waals surface area contributed by atoms with Gasteiger partial charge in [0, 0.05) is 0 Å². The number of nitrogens with zero attached hydrogens (tertiary/aromatic N) is 1. The van der Waals surface area contributed by atoms with Crippen LogP contribution in [0.15, 0.2) is 5.38 Å². The minimum atomic E-state index is 1.36. The molecule has 0 spiro atoms. The molecule has 0 saturated carbocycles. The zero-order valence-corrected chi connectivity index (χ0v) is 13.1. The first-order valence-corrected chi connectivity index (χ1v) is 5.69. The van der Waals surface area contributed by atoms with Crippen LogP contribution in [0.4, 0.5) is 0 Å². The Morgan fingerprint density at radius 3 is 1.28 bits per heavy atom. The number of rotatable bonds is 0. The van der Waals surface area contributed by atoms with Gasteiger partial charge >= 0.3 is 120 Å². The second-order valence-electron chi connectivity index (χ2n) is 1.70. The van der Waals surface area contributed by atoms with Gasteiger partial charge in [-0.1, -0.05) is 0 Å². The molecule has 0 unspecified atom stereocenters. The van der Waals surface area contributed by atoms with Crippen LogP contribution in [0.25, 0.3) is 0 Å². The van der Waals surface area contributed by atoms with E-state index in [0.29, 0.717) is 0 Å². The third-order valence-corrected chi connectivity index (χ3v) is 4.09. The minimum absolute atomic E-state index is 1.36. The average molecular weight is 437 g/mol. The monoisotopic (exact) mass is 437 g/mol. The van der Waals surface area contributed by atoms with Crippen LogP contribution in [0.2, 0.25) is 0 Å². The first-order valence-electron chi connectivity index (χ1n) is 3.35. The molecule has 0 N–H and O–H groups in total. The van der Waals surface area contributed by atoms with Gasteiger partial charge in [0.15, 0.2) is 0 Å². The Balaban J connectivity index is -0.0000000482. The Bertz CT molecular complexity index is 389. The Hall–Kier alpha value is -0.982. The molecule has 0 radical (unpaired) electrons. The summed E-state index contributed by atoms with van der Waals surface area (Å²) in [5, 5.41) is 2.18. The van der Waals surface area contributed by atoms with Gasteiger partial charge in [0.25, 0.3) is 0 Å². The summed E-state index contributed by atoms with van der Waals surface area (Å²) in [4.78, 5) is 0. The number of aromatic nitrogens is 1. The van der Waals surface area contributed by atoms with E-state index in [1.807, 2.05) is 11.3 Å². The Morgan fingerprint density at radius 1 is 0.944 bits per heavy atom. The Morgan fingerprint density at radius 2 is 1.22 bits per heavy atom. The van der Waals surface area contributed by atoms with Crippen molar-refractivity contribution in [2.45, 2.75) is 6.92 Å². The predicted molar refractivity (Wildman–Crippen MR) is 50.9 cm³/mol. The number of hydrogen-bond acceptors (Lipinski definition) is 1. The van der Waals surface area contributed by atoms with Crippen LogP contribution in [0.3, 0.4) is 0 Å². The van der Waals surface area contributed by atoms with E-state index in [1.54, 1.807) is 19.4 Å². The molecular weight excluding hydrogens is 430 g/mol. The zero-order valence-electron chi connectivity index (χ0n) is 9.38.